The first-order chi connectivity index (χ1) is 13.0. The fraction of sp³-hybridized carbons (Fsp3) is 0.350. The molecule has 0 saturated carbocycles. The van der Waals surface area contributed by atoms with E-state index >= 15 is 0 Å². The Kier molecular flexibility index (Phi) is 5.71. The van der Waals surface area contributed by atoms with Crippen LogP contribution in [0.1, 0.15) is 34.5 Å². The highest BCUT2D eigenvalue weighted by atomic mass is 16.6. The molecule has 0 radical (unpaired) electrons. The summed E-state index contributed by atoms with van der Waals surface area (Å²) in [7, 11) is 1.67. The van der Waals surface area contributed by atoms with E-state index in [4.69, 9.17) is 4.74 Å². The van der Waals surface area contributed by atoms with Crippen LogP contribution in [0.4, 0.5) is 5.69 Å². The van der Waals surface area contributed by atoms with Gasteiger partial charge in [-0.2, -0.15) is 0 Å². The molecule has 1 atom stereocenters. The second-order valence-electron chi connectivity index (χ2n) is 6.59. The van der Waals surface area contributed by atoms with Crippen LogP contribution in [0.15, 0.2) is 42.5 Å². The van der Waals surface area contributed by atoms with Crippen LogP contribution < -0.4 is 10.1 Å². The van der Waals surface area contributed by atoms with E-state index in [-0.39, 0.29) is 17.6 Å². The molecule has 0 fully saturated rings. The number of nitrogens with zero attached hydrogens (tertiary/aromatic N) is 2. The van der Waals surface area contributed by atoms with E-state index in [1.807, 2.05) is 6.07 Å². The third-order valence-electron chi connectivity index (χ3n) is 5.04. The molecule has 1 heterocycles. The molecular weight excluding hydrogens is 346 g/mol. The Labute approximate surface area is 158 Å². The Bertz CT molecular complexity index is 836. The lowest BCUT2D eigenvalue weighted by Crippen LogP contribution is -2.39. The van der Waals surface area contributed by atoms with Gasteiger partial charge in [-0.25, -0.2) is 0 Å². The summed E-state index contributed by atoms with van der Waals surface area (Å²) in [6.07, 6.45) is 0.952. The second-order valence-corrected chi connectivity index (χ2v) is 6.59. The number of non-ortho nitro benzene ring substituents is 1. The number of rotatable bonds is 6. The molecule has 0 spiro atoms. The zero-order valence-corrected chi connectivity index (χ0v) is 15.5. The summed E-state index contributed by atoms with van der Waals surface area (Å²) in [4.78, 5) is 24.7. The average molecular weight is 369 g/mol. The number of benzene rings is 2. The van der Waals surface area contributed by atoms with Gasteiger partial charge in [-0.15, -0.1) is 0 Å². The number of hydrogen-bond acceptors (Lipinski definition) is 5. The molecule has 1 amide bonds. The van der Waals surface area contributed by atoms with Gasteiger partial charge in [0.2, 0.25) is 0 Å². The second kappa shape index (κ2) is 8.18. The van der Waals surface area contributed by atoms with E-state index in [0.29, 0.717) is 12.1 Å². The molecule has 27 heavy (non-hydrogen) atoms. The van der Waals surface area contributed by atoms with Gasteiger partial charge < -0.3 is 10.1 Å². The molecule has 0 aliphatic carbocycles. The minimum atomic E-state index is -0.479. The fourth-order valence-electron chi connectivity index (χ4n) is 3.44. The number of nitro benzene ring substituents is 1. The number of nitrogens with one attached hydrogen (secondary N) is 1. The Balaban J connectivity index is 1.54. The molecule has 1 aliphatic heterocycles. The van der Waals surface area contributed by atoms with Crippen molar-refractivity contribution in [3.05, 3.63) is 69.3 Å². The molecule has 0 bridgehead atoms. The summed E-state index contributed by atoms with van der Waals surface area (Å²) >= 11 is 0. The van der Waals surface area contributed by atoms with Gasteiger partial charge >= 0.3 is 0 Å². The molecule has 7 heteroatoms. The Hall–Kier alpha value is -2.93. The van der Waals surface area contributed by atoms with E-state index in [1.165, 1.54) is 35.4 Å². The van der Waals surface area contributed by atoms with Crippen molar-refractivity contribution in [1.29, 1.82) is 0 Å². The third kappa shape index (κ3) is 4.25. The van der Waals surface area contributed by atoms with Gasteiger partial charge in [0, 0.05) is 43.4 Å². The largest absolute Gasteiger partial charge is 0.497 e. The lowest BCUT2D eigenvalue weighted by molar-refractivity contribution is -0.384. The molecule has 0 saturated heterocycles. The van der Waals surface area contributed by atoms with Crippen molar-refractivity contribution in [2.75, 3.05) is 26.7 Å². The number of amides is 1. The van der Waals surface area contributed by atoms with E-state index in [9.17, 15) is 14.9 Å². The zero-order valence-electron chi connectivity index (χ0n) is 15.5. The van der Waals surface area contributed by atoms with Crippen molar-refractivity contribution in [2.24, 2.45) is 0 Å². The topological polar surface area (TPSA) is 84.7 Å². The molecule has 142 valence electrons. The number of methoxy groups -OCH3 is 1. The van der Waals surface area contributed by atoms with Gasteiger partial charge in [0.25, 0.3) is 11.6 Å². The van der Waals surface area contributed by atoms with Gasteiger partial charge in [0.05, 0.1) is 12.0 Å². The number of hydrogen-bond donors (Lipinski definition) is 1. The van der Waals surface area contributed by atoms with Crippen LogP contribution in [0.25, 0.3) is 0 Å². The molecule has 1 aliphatic rings. The normalized spacial score (nSPS) is 16.4. The van der Waals surface area contributed by atoms with Crippen molar-refractivity contribution in [1.82, 2.24) is 10.2 Å². The summed E-state index contributed by atoms with van der Waals surface area (Å²) in [5.74, 6) is 0.657. The summed E-state index contributed by atoms with van der Waals surface area (Å²) < 4.78 is 5.30. The van der Waals surface area contributed by atoms with Gasteiger partial charge in [-0.05, 0) is 48.7 Å². The highest BCUT2D eigenvalue weighted by Crippen LogP contribution is 2.31. The summed E-state index contributed by atoms with van der Waals surface area (Å²) in [6, 6.07) is 12.1. The van der Waals surface area contributed by atoms with Crippen LogP contribution in [-0.2, 0) is 6.42 Å². The number of nitro groups is 1. The predicted molar refractivity (Wildman–Crippen MR) is 102 cm³/mol. The van der Waals surface area contributed by atoms with E-state index in [1.54, 1.807) is 7.11 Å². The minimum absolute atomic E-state index is 0.0241. The van der Waals surface area contributed by atoms with Gasteiger partial charge in [-0.1, -0.05) is 6.07 Å². The first-order valence-electron chi connectivity index (χ1n) is 8.93. The van der Waals surface area contributed by atoms with Crippen molar-refractivity contribution in [3.8, 4) is 5.75 Å². The molecule has 1 unspecified atom stereocenters. The van der Waals surface area contributed by atoms with Crippen molar-refractivity contribution < 1.29 is 14.5 Å². The molecule has 7 nitrogen and oxygen atoms in total. The highest BCUT2D eigenvalue weighted by Gasteiger charge is 2.23. The maximum absolute atomic E-state index is 12.2. The van der Waals surface area contributed by atoms with Gasteiger partial charge in [0.15, 0.2) is 0 Å². The molecule has 3 rings (SSSR count). The van der Waals surface area contributed by atoms with Crippen LogP contribution in [0.5, 0.6) is 5.75 Å². The number of carbonyl (C=O) groups excluding carboxylic acids is 1. The Morgan fingerprint density at radius 3 is 2.70 bits per heavy atom. The molecule has 2 aromatic carbocycles. The van der Waals surface area contributed by atoms with E-state index < -0.39 is 4.92 Å². The maximum Gasteiger partial charge on any atom is 0.269 e. The lowest BCUT2D eigenvalue weighted by Gasteiger charge is -2.35. The van der Waals surface area contributed by atoms with E-state index in [0.717, 1.165) is 25.3 Å². The summed E-state index contributed by atoms with van der Waals surface area (Å²) in [5, 5.41) is 13.6. The Morgan fingerprint density at radius 1 is 1.30 bits per heavy atom. The Morgan fingerprint density at radius 2 is 2.04 bits per heavy atom. The predicted octanol–water partition coefficient (Wildman–Crippen LogP) is 2.95. The quantitative estimate of drug-likeness (QED) is 0.625. The lowest BCUT2D eigenvalue weighted by atomic mass is 9.93. The first kappa shape index (κ1) is 18.8. The fourth-order valence-corrected chi connectivity index (χ4v) is 3.44. The number of ether oxygens (including phenoxy) is 1. The van der Waals surface area contributed by atoms with Gasteiger partial charge in [-0.3, -0.25) is 19.8 Å². The maximum atomic E-state index is 12.2. The standard InChI is InChI=1S/C20H23N3O4/c1-14-19-8-7-18(27-2)13-16(19)9-11-22(14)12-10-21-20(24)15-3-5-17(6-4-15)23(25)26/h3-8,13-14H,9-12H2,1-2H3,(H,21,24). The van der Waals surface area contributed by atoms with Crippen molar-refractivity contribution >= 4 is 11.6 Å². The first-order valence-corrected chi connectivity index (χ1v) is 8.93. The SMILES string of the molecule is COc1ccc2c(c1)CCN(CCNC(=O)c1ccc([N+](=O)[O-])cc1)C2C. The highest BCUT2D eigenvalue weighted by molar-refractivity contribution is 5.94. The van der Waals surface area contributed by atoms with Crippen molar-refractivity contribution in [2.45, 2.75) is 19.4 Å². The van der Waals surface area contributed by atoms with Crippen LogP contribution in [0.2, 0.25) is 0 Å². The molecule has 2 aromatic rings. The van der Waals surface area contributed by atoms with Crippen LogP contribution >= 0.6 is 0 Å². The monoisotopic (exact) mass is 369 g/mol. The van der Waals surface area contributed by atoms with Crippen LogP contribution in [0.3, 0.4) is 0 Å². The zero-order chi connectivity index (χ0) is 19.4. The molecule has 0 aromatic heterocycles. The summed E-state index contributed by atoms with van der Waals surface area (Å²) in [6.45, 7) is 4.36. The minimum Gasteiger partial charge on any atom is -0.497 e. The van der Waals surface area contributed by atoms with Crippen LogP contribution in [0, 0.1) is 10.1 Å². The molecular formula is C20H23N3O4. The summed E-state index contributed by atoms with van der Waals surface area (Å²) in [5.41, 5.74) is 3.01. The number of fused-ring (bicyclic) bond motifs is 1. The van der Waals surface area contributed by atoms with E-state index in [2.05, 4.69) is 29.3 Å². The number of carbonyl (C=O) groups is 1. The van der Waals surface area contributed by atoms with Gasteiger partial charge in [0.1, 0.15) is 5.75 Å². The van der Waals surface area contributed by atoms with Crippen LogP contribution in [-0.4, -0.2) is 42.5 Å². The smallest absolute Gasteiger partial charge is 0.269 e. The average Bonchev–Trinajstić information content (AvgIpc) is 2.69. The molecule has 1 N–H and O–H groups in total. The third-order valence-corrected chi connectivity index (χ3v) is 5.04. The van der Waals surface area contributed by atoms with Crippen molar-refractivity contribution in [3.63, 3.8) is 0 Å².